The Morgan fingerprint density at radius 1 is 1.72 bits per heavy atom. The Balaban J connectivity index is 1.96. The Morgan fingerprint density at radius 2 is 2.61 bits per heavy atom. The molecule has 0 spiro atoms. The summed E-state index contributed by atoms with van der Waals surface area (Å²) in [5.41, 5.74) is 1.44. The van der Waals surface area contributed by atoms with E-state index in [0.717, 1.165) is 36.6 Å². The monoisotopic (exact) mass is 282 g/mol. The third kappa shape index (κ3) is 3.44. The molecule has 0 amide bonds. The molecule has 1 fully saturated rings. The molecular weight excluding hydrogens is 264 g/mol. The summed E-state index contributed by atoms with van der Waals surface area (Å²) in [7, 11) is 0. The second kappa shape index (κ2) is 6.50. The van der Waals surface area contributed by atoms with Crippen LogP contribution in [0.1, 0.15) is 39.0 Å². The molecule has 1 aliphatic carbocycles. The number of nitrogens with zero attached hydrogens (tertiary/aromatic N) is 3. The molecule has 1 heterocycles. The van der Waals surface area contributed by atoms with E-state index < -0.39 is 0 Å². The molecule has 0 saturated heterocycles. The summed E-state index contributed by atoms with van der Waals surface area (Å²) in [6, 6.07) is 2.50. The predicted octanol–water partition coefficient (Wildman–Crippen LogP) is 2.83. The van der Waals surface area contributed by atoms with Crippen LogP contribution in [0.3, 0.4) is 0 Å². The standard InChI is InChI=1S/C12H18N4S2/c1-2-6-14-12(8-13)5-3-4-10(7-12)18-11-16-15-9-17-11/h9-10,14H,2-7H2,1H3. The Kier molecular flexibility index (Phi) is 4.98. The summed E-state index contributed by atoms with van der Waals surface area (Å²) >= 11 is 3.36. The van der Waals surface area contributed by atoms with E-state index in [-0.39, 0.29) is 5.54 Å². The number of hydrogen-bond acceptors (Lipinski definition) is 6. The lowest BCUT2D eigenvalue weighted by molar-refractivity contribution is 0.305. The van der Waals surface area contributed by atoms with Crippen LogP contribution >= 0.6 is 23.1 Å². The summed E-state index contributed by atoms with van der Waals surface area (Å²) in [6.45, 7) is 3.05. The topological polar surface area (TPSA) is 61.6 Å². The summed E-state index contributed by atoms with van der Waals surface area (Å²) in [5, 5.41) is 21.3. The van der Waals surface area contributed by atoms with Crippen LogP contribution in [-0.4, -0.2) is 27.5 Å². The van der Waals surface area contributed by atoms with E-state index in [2.05, 4.69) is 28.5 Å². The van der Waals surface area contributed by atoms with Gasteiger partial charge in [-0.3, -0.25) is 5.32 Å². The first-order valence-corrected chi connectivity index (χ1v) is 8.13. The van der Waals surface area contributed by atoms with Crippen molar-refractivity contribution >= 4 is 23.1 Å². The highest BCUT2D eigenvalue weighted by atomic mass is 32.2. The van der Waals surface area contributed by atoms with Gasteiger partial charge >= 0.3 is 0 Å². The van der Waals surface area contributed by atoms with Crippen molar-refractivity contribution in [2.24, 2.45) is 0 Å². The van der Waals surface area contributed by atoms with Gasteiger partial charge in [-0.05, 0) is 38.6 Å². The van der Waals surface area contributed by atoms with E-state index >= 15 is 0 Å². The Bertz CT molecular complexity index is 401. The molecule has 98 valence electrons. The fourth-order valence-corrected chi connectivity index (χ4v) is 4.42. The molecule has 1 saturated carbocycles. The molecular formula is C12H18N4S2. The highest BCUT2D eigenvalue weighted by molar-refractivity contribution is 8.01. The van der Waals surface area contributed by atoms with Crippen LogP contribution in [0.25, 0.3) is 0 Å². The van der Waals surface area contributed by atoms with Crippen LogP contribution in [0, 0.1) is 11.3 Å². The van der Waals surface area contributed by atoms with Crippen LogP contribution in [0.5, 0.6) is 0 Å². The molecule has 6 heteroatoms. The van der Waals surface area contributed by atoms with Gasteiger partial charge in [-0.2, -0.15) is 5.26 Å². The highest BCUT2D eigenvalue weighted by Gasteiger charge is 2.36. The fourth-order valence-electron chi connectivity index (χ4n) is 2.35. The van der Waals surface area contributed by atoms with Gasteiger partial charge in [0.1, 0.15) is 11.0 Å². The van der Waals surface area contributed by atoms with E-state index in [1.54, 1.807) is 28.6 Å². The summed E-state index contributed by atoms with van der Waals surface area (Å²) in [6.07, 6.45) is 5.23. The Morgan fingerprint density at radius 3 is 3.28 bits per heavy atom. The molecule has 2 atom stereocenters. The van der Waals surface area contributed by atoms with Crippen molar-refractivity contribution in [3.05, 3.63) is 5.51 Å². The van der Waals surface area contributed by atoms with E-state index in [9.17, 15) is 5.26 Å². The quantitative estimate of drug-likeness (QED) is 0.899. The average molecular weight is 282 g/mol. The molecule has 1 aromatic heterocycles. The Hall–Kier alpha value is -0.640. The van der Waals surface area contributed by atoms with Gasteiger partial charge in [-0.25, -0.2) is 0 Å². The van der Waals surface area contributed by atoms with E-state index in [4.69, 9.17) is 0 Å². The van der Waals surface area contributed by atoms with Gasteiger partial charge in [-0.15, -0.1) is 10.2 Å². The average Bonchev–Trinajstić information content (AvgIpc) is 2.90. The summed E-state index contributed by atoms with van der Waals surface area (Å²) in [4.78, 5) is 0. The van der Waals surface area contributed by atoms with E-state index in [1.807, 2.05) is 0 Å². The first-order chi connectivity index (χ1) is 8.78. The molecule has 1 aromatic rings. The number of nitriles is 1. The van der Waals surface area contributed by atoms with Crippen molar-refractivity contribution in [1.82, 2.24) is 15.5 Å². The lowest BCUT2D eigenvalue weighted by atomic mass is 9.82. The smallest absolute Gasteiger partial charge is 0.174 e. The first kappa shape index (κ1) is 13.8. The fraction of sp³-hybridized carbons (Fsp3) is 0.750. The molecule has 1 N–H and O–H groups in total. The number of thioether (sulfide) groups is 1. The molecule has 2 rings (SSSR count). The van der Waals surface area contributed by atoms with Crippen molar-refractivity contribution in [3.63, 3.8) is 0 Å². The second-order valence-corrected chi connectivity index (χ2v) is 7.04. The molecule has 0 aromatic carbocycles. The van der Waals surface area contributed by atoms with Crippen molar-refractivity contribution in [2.45, 2.75) is 54.2 Å². The Labute approximate surface area is 116 Å². The van der Waals surface area contributed by atoms with Crippen LogP contribution < -0.4 is 5.32 Å². The largest absolute Gasteiger partial charge is 0.299 e. The molecule has 2 unspecified atom stereocenters. The van der Waals surface area contributed by atoms with Gasteiger partial charge in [0.25, 0.3) is 0 Å². The minimum Gasteiger partial charge on any atom is -0.299 e. The third-order valence-corrected chi connectivity index (χ3v) is 5.32. The number of nitrogens with one attached hydrogen (secondary N) is 1. The number of rotatable bonds is 5. The van der Waals surface area contributed by atoms with Crippen molar-refractivity contribution in [3.8, 4) is 6.07 Å². The molecule has 0 aliphatic heterocycles. The van der Waals surface area contributed by atoms with Crippen molar-refractivity contribution in [1.29, 1.82) is 5.26 Å². The molecule has 0 radical (unpaired) electrons. The molecule has 4 nitrogen and oxygen atoms in total. The maximum atomic E-state index is 9.46. The normalized spacial score (nSPS) is 27.9. The summed E-state index contributed by atoms with van der Waals surface area (Å²) < 4.78 is 1.02. The lowest BCUT2D eigenvalue weighted by Crippen LogP contribution is -2.48. The van der Waals surface area contributed by atoms with Crippen LogP contribution in [0.4, 0.5) is 0 Å². The zero-order valence-electron chi connectivity index (χ0n) is 10.6. The predicted molar refractivity (Wildman–Crippen MR) is 74.7 cm³/mol. The van der Waals surface area contributed by atoms with Crippen LogP contribution in [0.2, 0.25) is 0 Å². The maximum absolute atomic E-state index is 9.46. The third-order valence-electron chi connectivity index (χ3n) is 3.24. The van der Waals surface area contributed by atoms with Gasteiger partial charge in [0.2, 0.25) is 0 Å². The van der Waals surface area contributed by atoms with Gasteiger partial charge in [0.15, 0.2) is 4.34 Å². The lowest BCUT2D eigenvalue weighted by Gasteiger charge is -2.35. The van der Waals surface area contributed by atoms with Crippen molar-refractivity contribution < 1.29 is 0 Å². The van der Waals surface area contributed by atoms with Gasteiger partial charge in [-0.1, -0.05) is 30.0 Å². The SMILES string of the molecule is CCCNC1(C#N)CCCC(Sc2nncs2)C1. The van der Waals surface area contributed by atoms with Crippen LogP contribution in [-0.2, 0) is 0 Å². The zero-order valence-corrected chi connectivity index (χ0v) is 12.2. The maximum Gasteiger partial charge on any atom is 0.174 e. The highest BCUT2D eigenvalue weighted by Crippen LogP contribution is 2.38. The minimum absolute atomic E-state index is 0.323. The van der Waals surface area contributed by atoms with E-state index in [0.29, 0.717) is 5.25 Å². The van der Waals surface area contributed by atoms with E-state index in [1.165, 1.54) is 6.42 Å². The summed E-state index contributed by atoms with van der Waals surface area (Å²) in [5.74, 6) is 0. The van der Waals surface area contributed by atoms with Gasteiger partial charge in [0.05, 0.1) is 6.07 Å². The second-order valence-electron chi connectivity index (χ2n) is 4.66. The van der Waals surface area contributed by atoms with Crippen LogP contribution in [0.15, 0.2) is 9.85 Å². The van der Waals surface area contributed by atoms with Gasteiger partial charge in [0, 0.05) is 5.25 Å². The number of hydrogen-bond donors (Lipinski definition) is 1. The van der Waals surface area contributed by atoms with Crippen molar-refractivity contribution in [2.75, 3.05) is 6.54 Å². The molecule has 1 aliphatic rings. The van der Waals surface area contributed by atoms with Gasteiger partial charge < -0.3 is 0 Å². The number of aromatic nitrogens is 2. The first-order valence-electron chi connectivity index (χ1n) is 6.37. The molecule has 18 heavy (non-hydrogen) atoms. The minimum atomic E-state index is -0.323. The zero-order chi connectivity index (χ0) is 12.8. The molecule has 0 bridgehead atoms.